The van der Waals surface area contributed by atoms with Gasteiger partial charge in [0.15, 0.2) is 0 Å². The second kappa shape index (κ2) is 11.2. The zero-order valence-electron chi connectivity index (χ0n) is 18.8. The van der Waals surface area contributed by atoms with Crippen LogP contribution in [0.5, 0.6) is 0 Å². The lowest BCUT2D eigenvalue weighted by Gasteiger charge is -2.24. The highest BCUT2D eigenvalue weighted by atomic mass is 35.5. The zero-order chi connectivity index (χ0) is 24.0. The highest BCUT2D eigenvalue weighted by molar-refractivity contribution is 7.98. The summed E-state index contributed by atoms with van der Waals surface area (Å²) < 4.78 is 28.0. The number of nitrogens with one attached hydrogen (secondary N) is 1. The van der Waals surface area contributed by atoms with Crippen molar-refractivity contribution >= 4 is 39.3 Å². The van der Waals surface area contributed by atoms with Crippen molar-refractivity contribution < 1.29 is 13.2 Å². The van der Waals surface area contributed by atoms with Crippen LogP contribution in [0.3, 0.4) is 0 Å². The Labute approximate surface area is 205 Å². The Morgan fingerprint density at radius 2 is 1.67 bits per heavy atom. The Hall–Kier alpha value is -2.32. The zero-order valence-corrected chi connectivity index (χ0v) is 21.2. The standard InChI is InChI=1S/C25H27ClN2O3S2/c1-18-6-4-5-7-21(18)16-28(33(30,31)24-14-10-22(26)11-15-24)17-25(29)27-19(2)20-8-12-23(32-3)13-9-20/h4-15,19H,16-17H2,1-3H3,(H,27,29)/t19-/m1/s1. The van der Waals surface area contributed by atoms with Gasteiger partial charge in [0.2, 0.25) is 15.9 Å². The van der Waals surface area contributed by atoms with E-state index in [1.54, 1.807) is 11.8 Å². The van der Waals surface area contributed by atoms with Crippen molar-refractivity contribution in [3.05, 3.63) is 94.5 Å². The number of halogens is 1. The van der Waals surface area contributed by atoms with Crippen LogP contribution in [0.4, 0.5) is 0 Å². The highest BCUT2D eigenvalue weighted by Gasteiger charge is 2.28. The number of carbonyl (C=O) groups is 1. The van der Waals surface area contributed by atoms with E-state index in [-0.39, 0.29) is 29.9 Å². The number of carbonyl (C=O) groups excluding carboxylic acids is 1. The van der Waals surface area contributed by atoms with E-state index in [2.05, 4.69) is 5.32 Å². The minimum absolute atomic E-state index is 0.0852. The Morgan fingerprint density at radius 3 is 2.27 bits per heavy atom. The molecule has 0 radical (unpaired) electrons. The van der Waals surface area contributed by atoms with Gasteiger partial charge in [0.05, 0.1) is 17.5 Å². The van der Waals surface area contributed by atoms with Gasteiger partial charge in [-0.25, -0.2) is 8.42 Å². The lowest BCUT2D eigenvalue weighted by molar-refractivity contribution is -0.122. The fourth-order valence-electron chi connectivity index (χ4n) is 3.38. The third-order valence-electron chi connectivity index (χ3n) is 5.37. The van der Waals surface area contributed by atoms with E-state index in [0.29, 0.717) is 5.02 Å². The van der Waals surface area contributed by atoms with Crippen molar-refractivity contribution in [2.24, 2.45) is 0 Å². The molecule has 33 heavy (non-hydrogen) atoms. The second-order valence-corrected chi connectivity index (χ2v) is 11.0. The SMILES string of the molecule is CSc1ccc([C@@H](C)NC(=O)CN(Cc2ccccc2C)S(=O)(=O)c2ccc(Cl)cc2)cc1. The number of thioether (sulfide) groups is 1. The molecule has 0 aliphatic heterocycles. The van der Waals surface area contributed by atoms with Gasteiger partial charge >= 0.3 is 0 Å². The summed E-state index contributed by atoms with van der Waals surface area (Å²) in [6.07, 6.45) is 2.00. The summed E-state index contributed by atoms with van der Waals surface area (Å²) in [4.78, 5) is 14.2. The monoisotopic (exact) mass is 502 g/mol. The molecule has 174 valence electrons. The third-order valence-corrected chi connectivity index (χ3v) is 8.17. The number of hydrogen-bond donors (Lipinski definition) is 1. The maximum atomic E-state index is 13.4. The molecule has 0 aliphatic carbocycles. The Kier molecular flexibility index (Phi) is 8.59. The summed E-state index contributed by atoms with van der Waals surface area (Å²) in [5.74, 6) is -0.373. The molecule has 0 saturated heterocycles. The highest BCUT2D eigenvalue weighted by Crippen LogP contribution is 2.22. The fourth-order valence-corrected chi connectivity index (χ4v) is 5.29. The van der Waals surface area contributed by atoms with Gasteiger partial charge in [-0.1, -0.05) is 48.0 Å². The summed E-state index contributed by atoms with van der Waals surface area (Å²) in [6.45, 7) is 3.59. The predicted molar refractivity (Wildman–Crippen MR) is 135 cm³/mol. The average molecular weight is 503 g/mol. The molecule has 1 amide bonds. The van der Waals surface area contributed by atoms with Gasteiger partial charge in [-0.3, -0.25) is 4.79 Å². The summed E-state index contributed by atoms with van der Waals surface area (Å²) in [7, 11) is -3.93. The molecule has 1 N–H and O–H groups in total. The number of sulfonamides is 1. The van der Waals surface area contributed by atoms with Gasteiger partial charge < -0.3 is 5.32 Å². The summed E-state index contributed by atoms with van der Waals surface area (Å²) >= 11 is 7.58. The summed E-state index contributed by atoms with van der Waals surface area (Å²) in [5.41, 5.74) is 2.74. The van der Waals surface area contributed by atoms with Crippen molar-refractivity contribution in [3.63, 3.8) is 0 Å². The van der Waals surface area contributed by atoms with Crippen LogP contribution >= 0.6 is 23.4 Å². The van der Waals surface area contributed by atoms with Gasteiger partial charge in [0, 0.05) is 16.5 Å². The maximum absolute atomic E-state index is 13.4. The lowest BCUT2D eigenvalue weighted by atomic mass is 10.1. The van der Waals surface area contributed by atoms with Crippen LogP contribution < -0.4 is 5.32 Å². The minimum Gasteiger partial charge on any atom is -0.348 e. The van der Waals surface area contributed by atoms with Crippen molar-refractivity contribution in [1.29, 1.82) is 0 Å². The topological polar surface area (TPSA) is 66.5 Å². The lowest BCUT2D eigenvalue weighted by Crippen LogP contribution is -2.41. The first kappa shape index (κ1) is 25.3. The number of rotatable bonds is 9. The average Bonchev–Trinajstić information content (AvgIpc) is 2.80. The number of amides is 1. The van der Waals surface area contributed by atoms with Gasteiger partial charge in [-0.2, -0.15) is 4.31 Å². The molecule has 0 heterocycles. The molecule has 0 saturated carbocycles. The number of aryl methyl sites for hydroxylation is 1. The van der Waals surface area contributed by atoms with Crippen LogP contribution in [0, 0.1) is 6.92 Å². The molecular formula is C25H27ClN2O3S2. The number of nitrogens with zero attached hydrogens (tertiary/aromatic N) is 1. The Morgan fingerprint density at radius 1 is 1.03 bits per heavy atom. The summed E-state index contributed by atoms with van der Waals surface area (Å²) in [6, 6.07) is 21.2. The predicted octanol–water partition coefficient (Wildman–Crippen LogP) is 5.44. The van der Waals surface area contributed by atoms with E-state index in [1.807, 2.05) is 68.6 Å². The molecule has 3 aromatic carbocycles. The molecule has 0 bridgehead atoms. The van der Waals surface area contributed by atoms with Crippen LogP contribution in [-0.2, 0) is 21.4 Å². The second-order valence-electron chi connectivity index (χ2n) is 7.72. The molecular weight excluding hydrogens is 476 g/mol. The Bertz CT molecular complexity index is 1200. The molecule has 0 fully saturated rings. The number of benzene rings is 3. The van der Waals surface area contributed by atoms with Crippen LogP contribution in [0.25, 0.3) is 0 Å². The van der Waals surface area contributed by atoms with Crippen LogP contribution in [-0.4, -0.2) is 31.4 Å². The van der Waals surface area contributed by atoms with Crippen LogP contribution in [0.2, 0.25) is 5.02 Å². The first-order valence-corrected chi connectivity index (χ1v) is 13.5. The molecule has 0 unspecified atom stereocenters. The van der Waals surface area contributed by atoms with Crippen molar-refractivity contribution in [2.45, 2.75) is 36.2 Å². The molecule has 0 spiro atoms. The quantitative estimate of drug-likeness (QED) is 0.396. The third kappa shape index (κ3) is 6.60. The molecule has 3 rings (SSSR count). The van der Waals surface area contributed by atoms with Crippen molar-refractivity contribution in [1.82, 2.24) is 9.62 Å². The van der Waals surface area contributed by atoms with Gasteiger partial charge in [0.1, 0.15) is 0 Å². The molecule has 0 aliphatic rings. The van der Waals surface area contributed by atoms with Gasteiger partial charge in [-0.15, -0.1) is 11.8 Å². The minimum atomic E-state index is -3.93. The molecule has 8 heteroatoms. The smallest absolute Gasteiger partial charge is 0.243 e. The van der Waals surface area contributed by atoms with Gasteiger partial charge in [-0.05, 0) is 73.2 Å². The van der Waals surface area contributed by atoms with Crippen molar-refractivity contribution in [3.8, 4) is 0 Å². The van der Waals surface area contributed by atoms with Crippen molar-refractivity contribution in [2.75, 3.05) is 12.8 Å². The number of hydrogen-bond acceptors (Lipinski definition) is 4. The first-order chi connectivity index (χ1) is 15.7. The molecule has 0 aromatic heterocycles. The molecule has 3 aromatic rings. The Balaban J connectivity index is 1.83. The largest absolute Gasteiger partial charge is 0.348 e. The van der Waals surface area contributed by atoms with Gasteiger partial charge in [0.25, 0.3) is 0 Å². The van der Waals surface area contributed by atoms with E-state index < -0.39 is 10.0 Å². The molecule has 1 atom stereocenters. The van der Waals surface area contributed by atoms with E-state index in [1.165, 1.54) is 28.6 Å². The van der Waals surface area contributed by atoms with Crippen LogP contribution in [0.1, 0.15) is 29.7 Å². The normalized spacial score (nSPS) is 12.5. The van der Waals surface area contributed by atoms with E-state index >= 15 is 0 Å². The van der Waals surface area contributed by atoms with Crippen LogP contribution in [0.15, 0.2) is 82.6 Å². The van der Waals surface area contributed by atoms with E-state index in [4.69, 9.17) is 11.6 Å². The summed E-state index contributed by atoms with van der Waals surface area (Å²) in [5, 5.41) is 3.37. The molecule has 5 nitrogen and oxygen atoms in total. The van der Waals surface area contributed by atoms with E-state index in [0.717, 1.165) is 21.6 Å². The fraction of sp³-hybridized carbons (Fsp3) is 0.240. The van der Waals surface area contributed by atoms with E-state index in [9.17, 15) is 13.2 Å². The maximum Gasteiger partial charge on any atom is 0.243 e. The first-order valence-electron chi connectivity index (χ1n) is 10.4.